The van der Waals surface area contributed by atoms with Gasteiger partial charge >= 0.3 is 0 Å². The van der Waals surface area contributed by atoms with E-state index in [0.717, 1.165) is 18.6 Å². The lowest BCUT2D eigenvalue weighted by molar-refractivity contribution is 0.360. The largest absolute Gasteiger partial charge is 0.296 e. The average Bonchev–Trinajstić information content (AvgIpc) is 2.48. The van der Waals surface area contributed by atoms with Gasteiger partial charge in [-0.25, -0.2) is 0 Å². The van der Waals surface area contributed by atoms with E-state index in [1.54, 1.807) is 0 Å². The Labute approximate surface area is 85.1 Å². The first-order valence-corrected chi connectivity index (χ1v) is 6.00. The van der Waals surface area contributed by atoms with Gasteiger partial charge in [0.25, 0.3) is 0 Å². The highest BCUT2D eigenvalue weighted by molar-refractivity contribution is 8.00. The molecular weight excluding hydrogens is 180 g/mol. The molecule has 0 bridgehead atoms. The van der Waals surface area contributed by atoms with Gasteiger partial charge in [-0.15, -0.1) is 0 Å². The Balaban J connectivity index is 2.65. The van der Waals surface area contributed by atoms with Crippen molar-refractivity contribution in [3.8, 4) is 6.07 Å². The molecule has 1 aliphatic heterocycles. The normalized spacial score (nSPS) is 35.7. The van der Waals surface area contributed by atoms with Crippen molar-refractivity contribution < 1.29 is 0 Å². The molecule has 0 aliphatic carbocycles. The Bertz CT molecular complexity index is 211. The van der Waals surface area contributed by atoms with Crippen molar-refractivity contribution in [1.29, 1.82) is 5.26 Å². The predicted molar refractivity (Wildman–Crippen MR) is 57.8 cm³/mol. The fourth-order valence-corrected chi connectivity index (χ4v) is 2.97. The number of hydrogen-bond donors (Lipinski definition) is 1. The molecule has 1 saturated heterocycles. The summed E-state index contributed by atoms with van der Waals surface area (Å²) in [6.07, 6.45) is 2.07. The zero-order valence-electron chi connectivity index (χ0n) is 8.63. The molecule has 0 spiro atoms. The molecule has 2 nitrogen and oxygen atoms in total. The zero-order valence-corrected chi connectivity index (χ0v) is 9.45. The van der Waals surface area contributed by atoms with Gasteiger partial charge in [-0.2, -0.15) is 17.0 Å². The molecule has 3 atom stereocenters. The van der Waals surface area contributed by atoms with E-state index in [0.29, 0.717) is 11.3 Å². The summed E-state index contributed by atoms with van der Waals surface area (Å²) in [7, 11) is 0. The number of nitrogens with zero attached hydrogens (tertiary/aromatic N) is 1. The van der Waals surface area contributed by atoms with E-state index < -0.39 is 0 Å². The molecule has 1 rings (SSSR count). The highest BCUT2D eigenvalue weighted by Gasteiger charge is 2.41. The van der Waals surface area contributed by atoms with Gasteiger partial charge in [0, 0.05) is 11.3 Å². The van der Waals surface area contributed by atoms with Crippen molar-refractivity contribution in [3.63, 3.8) is 0 Å². The summed E-state index contributed by atoms with van der Waals surface area (Å²) in [5.41, 5.74) is -0.264. The number of rotatable bonds is 3. The van der Waals surface area contributed by atoms with Crippen molar-refractivity contribution in [2.45, 2.75) is 50.4 Å². The van der Waals surface area contributed by atoms with E-state index in [9.17, 15) is 5.26 Å². The molecular formula is C10H18N2S. The first kappa shape index (κ1) is 10.9. The van der Waals surface area contributed by atoms with Crippen molar-refractivity contribution in [3.05, 3.63) is 0 Å². The molecule has 0 saturated carbocycles. The lowest BCUT2D eigenvalue weighted by Gasteiger charge is -2.29. The molecule has 3 unspecified atom stereocenters. The van der Waals surface area contributed by atoms with Crippen LogP contribution in [0.3, 0.4) is 0 Å². The third-order valence-corrected chi connectivity index (χ3v) is 4.22. The molecule has 13 heavy (non-hydrogen) atoms. The van der Waals surface area contributed by atoms with E-state index in [1.165, 1.54) is 0 Å². The van der Waals surface area contributed by atoms with E-state index in [2.05, 4.69) is 32.2 Å². The van der Waals surface area contributed by atoms with Gasteiger partial charge in [0.2, 0.25) is 0 Å². The van der Waals surface area contributed by atoms with Crippen LogP contribution < -0.4 is 5.32 Å². The summed E-state index contributed by atoms with van der Waals surface area (Å²) in [6, 6.07) is 2.91. The molecule has 0 amide bonds. The maximum atomic E-state index is 9.21. The summed E-state index contributed by atoms with van der Waals surface area (Å²) in [6.45, 7) is 6.45. The van der Waals surface area contributed by atoms with E-state index >= 15 is 0 Å². The van der Waals surface area contributed by atoms with Crippen LogP contribution in [0.1, 0.15) is 33.6 Å². The van der Waals surface area contributed by atoms with Crippen molar-refractivity contribution in [2.24, 2.45) is 0 Å². The van der Waals surface area contributed by atoms with Crippen molar-refractivity contribution in [2.75, 3.05) is 5.75 Å². The molecule has 0 aromatic rings. The van der Waals surface area contributed by atoms with Crippen LogP contribution >= 0.6 is 11.8 Å². The average molecular weight is 198 g/mol. The highest BCUT2D eigenvalue weighted by atomic mass is 32.2. The molecule has 0 aromatic heterocycles. The standard InChI is InChI=1S/C10H18N2S/c1-4-8(2)12-10(7-11)5-6-13-9(10)3/h8-9,12H,4-6H2,1-3H3. The van der Waals surface area contributed by atoms with E-state index in [-0.39, 0.29) is 5.54 Å². The zero-order chi connectivity index (χ0) is 9.90. The van der Waals surface area contributed by atoms with Gasteiger partial charge in [0.05, 0.1) is 6.07 Å². The molecule has 3 heteroatoms. The van der Waals surface area contributed by atoms with Crippen LogP contribution in [-0.4, -0.2) is 22.6 Å². The molecule has 1 aliphatic rings. The fourth-order valence-electron chi connectivity index (χ4n) is 1.65. The third kappa shape index (κ3) is 2.18. The Kier molecular flexibility index (Phi) is 3.63. The summed E-state index contributed by atoms with van der Waals surface area (Å²) in [4.78, 5) is 0. The first-order valence-electron chi connectivity index (χ1n) is 4.95. The smallest absolute Gasteiger partial charge is 0.119 e. The molecule has 0 aromatic carbocycles. The topological polar surface area (TPSA) is 35.8 Å². The second-order valence-electron chi connectivity index (χ2n) is 3.80. The summed E-state index contributed by atoms with van der Waals surface area (Å²) in [5, 5.41) is 13.1. The van der Waals surface area contributed by atoms with Gasteiger partial charge in [-0.05, 0) is 25.5 Å². The predicted octanol–water partition coefficient (Wildman–Crippen LogP) is 2.16. The van der Waals surface area contributed by atoms with Crippen LogP contribution in [0.4, 0.5) is 0 Å². The van der Waals surface area contributed by atoms with Crippen LogP contribution in [0.25, 0.3) is 0 Å². The summed E-state index contributed by atoms with van der Waals surface area (Å²) < 4.78 is 0. The SMILES string of the molecule is CCC(C)NC1(C#N)CCSC1C. The molecule has 1 fully saturated rings. The number of thioether (sulfide) groups is 1. The minimum absolute atomic E-state index is 0.264. The lowest BCUT2D eigenvalue weighted by atomic mass is 9.93. The van der Waals surface area contributed by atoms with Crippen molar-refractivity contribution in [1.82, 2.24) is 5.32 Å². The van der Waals surface area contributed by atoms with E-state index in [4.69, 9.17) is 0 Å². The quantitative estimate of drug-likeness (QED) is 0.755. The minimum atomic E-state index is -0.264. The van der Waals surface area contributed by atoms with Gasteiger partial charge in [0.15, 0.2) is 0 Å². The van der Waals surface area contributed by atoms with E-state index in [1.807, 2.05) is 11.8 Å². The van der Waals surface area contributed by atoms with Gasteiger partial charge in [-0.1, -0.05) is 13.8 Å². The van der Waals surface area contributed by atoms with Crippen LogP contribution in [-0.2, 0) is 0 Å². The fraction of sp³-hybridized carbons (Fsp3) is 0.900. The monoisotopic (exact) mass is 198 g/mol. The van der Waals surface area contributed by atoms with Gasteiger partial charge < -0.3 is 0 Å². The van der Waals surface area contributed by atoms with Crippen LogP contribution in [0.5, 0.6) is 0 Å². The third-order valence-electron chi connectivity index (χ3n) is 2.87. The molecule has 1 heterocycles. The molecule has 1 N–H and O–H groups in total. The van der Waals surface area contributed by atoms with Crippen LogP contribution in [0.15, 0.2) is 0 Å². The second-order valence-corrected chi connectivity index (χ2v) is 5.25. The maximum absolute atomic E-state index is 9.21. The number of nitrogens with one attached hydrogen (secondary N) is 1. The Hall–Kier alpha value is -0.200. The van der Waals surface area contributed by atoms with Gasteiger partial charge in [-0.3, -0.25) is 5.32 Å². The van der Waals surface area contributed by atoms with Crippen molar-refractivity contribution >= 4 is 11.8 Å². The first-order chi connectivity index (χ1) is 6.14. The van der Waals surface area contributed by atoms with Crippen LogP contribution in [0, 0.1) is 11.3 Å². The second kappa shape index (κ2) is 4.34. The van der Waals surface area contributed by atoms with Crippen LogP contribution in [0.2, 0.25) is 0 Å². The summed E-state index contributed by atoms with van der Waals surface area (Å²) in [5.74, 6) is 1.11. The lowest BCUT2D eigenvalue weighted by Crippen LogP contribution is -2.52. The summed E-state index contributed by atoms with van der Waals surface area (Å²) >= 11 is 1.90. The Morgan fingerprint density at radius 3 is 2.85 bits per heavy atom. The number of hydrogen-bond acceptors (Lipinski definition) is 3. The Morgan fingerprint density at radius 2 is 2.46 bits per heavy atom. The van der Waals surface area contributed by atoms with Gasteiger partial charge in [0.1, 0.15) is 5.54 Å². The molecule has 0 radical (unpaired) electrons. The highest BCUT2D eigenvalue weighted by Crippen LogP contribution is 2.35. The maximum Gasteiger partial charge on any atom is 0.119 e. The number of nitriles is 1. The Morgan fingerprint density at radius 1 is 1.77 bits per heavy atom. The molecule has 74 valence electrons. The minimum Gasteiger partial charge on any atom is -0.296 e.